The lowest BCUT2D eigenvalue weighted by Crippen LogP contribution is -2.02. The molecule has 0 aromatic heterocycles. The van der Waals surface area contributed by atoms with Gasteiger partial charge in [-0.2, -0.15) is 0 Å². The van der Waals surface area contributed by atoms with Crippen LogP contribution in [-0.4, -0.2) is 24.8 Å². The van der Waals surface area contributed by atoms with Crippen LogP contribution in [0.4, 0.5) is 0 Å². The summed E-state index contributed by atoms with van der Waals surface area (Å²) in [7, 11) is 1.47. The normalized spacial score (nSPS) is 10.3. The van der Waals surface area contributed by atoms with Gasteiger partial charge in [-0.1, -0.05) is 25.8 Å². The Bertz CT molecular complexity index is 387. The van der Waals surface area contributed by atoms with Gasteiger partial charge in [0, 0.05) is 6.61 Å². The lowest BCUT2D eigenvalue weighted by atomic mass is 10.1. The predicted octanol–water partition coefficient (Wildman–Crippen LogP) is 3.10. The number of hydrogen-bond donors (Lipinski definition) is 1. The van der Waals surface area contributed by atoms with Crippen molar-refractivity contribution >= 4 is 5.97 Å². The van der Waals surface area contributed by atoms with Crippen LogP contribution in [0.5, 0.6) is 5.75 Å². The fourth-order valence-electron chi connectivity index (χ4n) is 1.65. The zero-order valence-electron chi connectivity index (χ0n) is 10.9. The predicted molar refractivity (Wildman–Crippen MR) is 69.1 cm³/mol. The van der Waals surface area contributed by atoms with Crippen LogP contribution in [0, 0.1) is 0 Å². The number of carboxylic acids is 1. The quantitative estimate of drug-likeness (QED) is 0.722. The third-order valence-corrected chi connectivity index (χ3v) is 2.66. The summed E-state index contributed by atoms with van der Waals surface area (Å²) in [6.45, 7) is 3.37. The molecule has 18 heavy (non-hydrogen) atoms. The van der Waals surface area contributed by atoms with E-state index in [9.17, 15) is 4.79 Å². The van der Waals surface area contributed by atoms with Gasteiger partial charge in [-0.25, -0.2) is 4.79 Å². The average Bonchev–Trinajstić information content (AvgIpc) is 2.38. The number of aromatic carboxylic acids is 1. The summed E-state index contributed by atoms with van der Waals surface area (Å²) < 4.78 is 10.6. The summed E-state index contributed by atoms with van der Waals surface area (Å²) in [5, 5.41) is 8.95. The highest BCUT2D eigenvalue weighted by atomic mass is 16.5. The SMILES string of the molecule is CCCCCOCc1ccc(C(=O)O)c(OC)c1. The molecule has 0 bridgehead atoms. The highest BCUT2D eigenvalue weighted by molar-refractivity contribution is 5.90. The average molecular weight is 252 g/mol. The second kappa shape index (κ2) is 7.71. The van der Waals surface area contributed by atoms with E-state index in [-0.39, 0.29) is 5.56 Å². The van der Waals surface area contributed by atoms with Crippen LogP contribution in [0.15, 0.2) is 18.2 Å². The van der Waals surface area contributed by atoms with E-state index in [0.29, 0.717) is 12.4 Å². The van der Waals surface area contributed by atoms with E-state index in [0.717, 1.165) is 18.6 Å². The number of carboxylic acid groups (broad SMARTS) is 1. The molecular weight excluding hydrogens is 232 g/mol. The molecule has 0 atom stereocenters. The molecule has 0 saturated carbocycles. The Hall–Kier alpha value is -1.55. The smallest absolute Gasteiger partial charge is 0.339 e. The first-order valence-corrected chi connectivity index (χ1v) is 6.17. The second-order valence-electron chi connectivity index (χ2n) is 4.10. The van der Waals surface area contributed by atoms with E-state index in [1.165, 1.54) is 20.0 Å². The zero-order chi connectivity index (χ0) is 13.4. The number of rotatable bonds is 8. The summed E-state index contributed by atoms with van der Waals surface area (Å²) in [5.41, 5.74) is 1.10. The van der Waals surface area contributed by atoms with Crippen molar-refractivity contribution in [1.29, 1.82) is 0 Å². The number of ether oxygens (including phenoxy) is 2. The highest BCUT2D eigenvalue weighted by Crippen LogP contribution is 2.20. The first-order valence-electron chi connectivity index (χ1n) is 6.17. The van der Waals surface area contributed by atoms with E-state index >= 15 is 0 Å². The molecule has 0 fully saturated rings. The highest BCUT2D eigenvalue weighted by Gasteiger charge is 2.10. The molecule has 0 amide bonds. The van der Waals surface area contributed by atoms with Gasteiger partial charge in [0.25, 0.3) is 0 Å². The minimum Gasteiger partial charge on any atom is -0.496 e. The Morgan fingerprint density at radius 3 is 2.72 bits per heavy atom. The van der Waals surface area contributed by atoms with Crippen LogP contribution in [0.3, 0.4) is 0 Å². The topological polar surface area (TPSA) is 55.8 Å². The number of benzene rings is 1. The molecule has 1 rings (SSSR count). The standard InChI is InChI=1S/C14H20O4/c1-3-4-5-8-18-10-11-6-7-12(14(15)16)13(9-11)17-2/h6-7,9H,3-5,8,10H2,1-2H3,(H,15,16). The summed E-state index contributed by atoms with van der Waals surface area (Å²) >= 11 is 0. The maximum absolute atomic E-state index is 10.9. The molecule has 1 aromatic carbocycles. The molecule has 0 unspecified atom stereocenters. The van der Waals surface area contributed by atoms with Crippen LogP contribution in [-0.2, 0) is 11.3 Å². The molecule has 1 N–H and O–H groups in total. The van der Waals surface area contributed by atoms with E-state index < -0.39 is 5.97 Å². The minimum absolute atomic E-state index is 0.173. The molecule has 4 nitrogen and oxygen atoms in total. The van der Waals surface area contributed by atoms with Gasteiger partial charge in [0.2, 0.25) is 0 Å². The second-order valence-corrected chi connectivity index (χ2v) is 4.10. The maximum Gasteiger partial charge on any atom is 0.339 e. The monoisotopic (exact) mass is 252 g/mol. The molecule has 0 heterocycles. The van der Waals surface area contributed by atoms with Crippen molar-refractivity contribution in [3.8, 4) is 5.75 Å². The largest absolute Gasteiger partial charge is 0.496 e. The van der Waals surface area contributed by atoms with Gasteiger partial charge < -0.3 is 14.6 Å². The van der Waals surface area contributed by atoms with E-state index in [2.05, 4.69) is 6.92 Å². The first kappa shape index (κ1) is 14.5. The van der Waals surface area contributed by atoms with E-state index in [4.69, 9.17) is 14.6 Å². The van der Waals surface area contributed by atoms with Gasteiger partial charge >= 0.3 is 5.97 Å². The maximum atomic E-state index is 10.9. The Balaban J connectivity index is 2.54. The first-order chi connectivity index (χ1) is 8.69. The van der Waals surface area contributed by atoms with E-state index in [1.807, 2.05) is 0 Å². The molecule has 0 saturated heterocycles. The third-order valence-electron chi connectivity index (χ3n) is 2.66. The fourth-order valence-corrected chi connectivity index (χ4v) is 1.65. The molecular formula is C14H20O4. The summed E-state index contributed by atoms with van der Waals surface area (Å²) in [5.74, 6) is -0.612. The number of hydrogen-bond acceptors (Lipinski definition) is 3. The lowest BCUT2D eigenvalue weighted by molar-refractivity contribution is 0.0693. The van der Waals surface area contributed by atoms with Gasteiger partial charge in [-0.05, 0) is 24.1 Å². The van der Waals surface area contributed by atoms with Gasteiger partial charge in [-0.15, -0.1) is 0 Å². The van der Waals surface area contributed by atoms with Crippen LogP contribution in [0.25, 0.3) is 0 Å². The van der Waals surface area contributed by atoms with Crippen molar-refractivity contribution in [3.63, 3.8) is 0 Å². The molecule has 0 radical (unpaired) electrons. The van der Waals surface area contributed by atoms with Crippen LogP contribution in [0.1, 0.15) is 42.1 Å². The summed E-state index contributed by atoms with van der Waals surface area (Å²) in [4.78, 5) is 10.9. The van der Waals surface area contributed by atoms with Crippen molar-refractivity contribution in [1.82, 2.24) is 0 Å². The fraction of sp³-hybridized carbons (Fsp3) is 0.500. The van der Waals surface area contributed by atoms with Crippen molar-refractivity contribution < 1.29 is 19.4 Å². The Morgan fingerprint density at radius 1 is 1.33 bits per heavy atom. The Labute approximate surface area is 108 Å². The Kier molecular flexibility index (Phi) is 6.22. The van der Waals surface area contributed by atoms with Crippen molar-refractivity contribution in [3.05, 3.63) is 29.3 Å². The third kappa shape index (κ3) is 4.37. The zero-order valence-corrected chi connectivity index (χ0v) is 10.9. The van der Waals surface area contributed by atoms with Gasteiger partial charge in [0.1, 0.15) is 11.3 Å². The number of methoxy groups -OCH3 is 1. The van der Waals surface area contributed by atoms with Gasteiger partial charge in [0.15, 0.2) is 0 Å². The summed E-state index contributed by atoms with van der Waals surface area (Å²) in [6, 6.07) is 5.01. The molecule has 1 aromatic rings. The van der Waals surface area contributed by atoms with E-state index in [1.54, 1.807) is 18.2 Å². The summed E-state index contributed by atoms with van der Waals surface area (Å²) in [6.07, 6.45) is 3.40. The molecule has 0 aliphatic rings. The molecule has 0 aliphatic heterocycles. The van der Waals surface area contributed by atoms with Crippen LogP contribution in [0.2, 0.25) is 0 Å². The van der Waals surface area contributed by atoms with Crippen molar-refractivity contribution in [2.45, 2.75) is 32.8 Å². The number of carbonyl (C=O) groups is 1. The molecule has 4 heteroatoms. The van der Waals surface area contributed by atoms with Crippen molar-refractivity contribution in [2.24, 2.45) is 0 Å². The number of unbranched alkanes of at least 4 members (excludes halogenated alkanes) is 2. The molecule has 0 spiro atoms. The molecule has 100 valence electrons. The lowest BCUT2D eigenvalue weighted by Gasteiger charge is -2.08. The Morgan fingerprint density at radius 2 is 2.11 bits per heavy atom. The van der Waals surface area contributed by atoms with Gasteiger partial charge in [0.05, 0.1) is 13.7 Å². The van der Waals surface area contributed by atoms with Crippen molar-refractivity contribution in [2.75, 3.05) is 13.7 Å². The minimum atomic E-state index is -0.984. The van der Waals surface area contributed by atoms with Crippen LogP contribution >= 0.6 is 0 Å². The molecule has 0 aliphatic carbocycles. The van der Waals surface area contributed by atoms with Gasteiger partial charge in [-0.3, -0.25) is 0 Å². The van der Waals surface area contributed by atoms with Crippen LogP contribution < -0.4 is 4.74 Å².